The summed E-state index contributed by atoms with van der Waals surface area (Å²) in [6.45, 7) is 8.68. The summed E-state index contributed by atoms with van der Waals surface area (Å²) >= 11 is 0. The molecule has 1 saturated heterocycles. The van der Waals surface area contributed by atoms with E-state index in [1.165, 1.54) is 25.7 Å². The zero-order chi connectivity index (χ0) is 24.4. The summed E-state index contributed by atoms with van der Waals surface area (Å²) in [4.78, 5) is 35.4. The zero-order valence-corrected chi connectivity index (χ0v) is 21.2. The Hall–Kier alpha value is -2.67. The molecule has 7 nitrogen and oxygen atoms in total. The number of rotatable bonds is 7. The second-order valence-electron chi connectivity index (χ2n) is 10.7. The SMILES string of the molecule is CCN(CC)C1CCN(C(=O)c2cn3c(C(=O)NCC45CC=CC(CCC4)C5)cccc3n2)CC1. The van der Waals surface area contributed by atoms with Gasteiger partial charge in [0.2, 0.25) is 0 Å². The molecule has 0 aromatic carbocycles. The van der Waals surface area contributed by atoms with Gasteiger partial charge in [-0.2, -0.15) is 0 Å². The number of amides is 2. The van der Waals surface area contributed by atoms with Gasteiger partial charge < -0.3 is 15.1 Å². The van der Waals surface area contributed by atoms with Gasteiger partial charge in [0, 0.05) is 31.9 Å². The fourth-order valence-electron chi connectivity index (χ4n) is 6.59. The van der Waals surface area contributed by atoms with Crippen LogP contribution in [0.5, 0.6) is 0 Å². The first kappa shape index (κ1) is 24.0. The number of fused-ring (bicyclic) bond motifs is 3. The summed E-state index contributed by atoms with van der Waals surface area (Å²) in [5.74, 6) is 0.523. The molecule has 2 fully saturated rings. The molecule has 0 spiro atoms. The predicted octanol–water partition coefficient (Wildman–Crippen LogP) is 4.15. The highest BCUT2D eigenvalue weighted by Gasteiger charge is 2.37. The third-order valence-electron chi connectivity index (χ3n) is 8.58. The van der Waals surface area contributed by atoms with Crippen LogP contribution in [-0.4, -0.2) is 69.8 Å². The third kappa shape index (κ3) is 4.88. The van der Waals surface area contributed by atoms with E-state index in [9.17, 15) is 9.59 Å². The van der Waals surface area contributed by atoms with E-state index in [1.807, 2.05) is 23.1 Å². The van der Waals surface area contributed by atoms with Gasteiger partial charge in [0.25, 0.3) is 11.8 Å². The second kappa shape index (κ2) is 10.1. The van der Waals surface area contributed by atoms with Crippen LogP contribution in [-0.2, 0) is 0 Å². The molecule has 35 heavy (non-hydrogen) atoms. The summed E-state index contributed by atoms with van der Waals surface area (Å²) < 4.78 is 1.77. The number of piperidine rings is 1. The second-order valence-corrected chi connectivity index (χ2v) is 10.7. The smallest absolute Gasteiger partial charge is 0.274 e. The van der Waals surface area contributed by atoms with E-state index in [4.69, 9.17) is 0 Å². The molecule has 1 aliphatic heterocycles. The lowest BCUT2D eigenvalue weighted by Gasteiger charge is -2.42. The first-order valence-electron chi connectivity index (χ1n) is 13.5. The molecule has 1 saturated carbocycles. The number of carbonyl (C=O) groups excluding carboxylic acids is 2. The molecular formula is C28H39N5O2. The first-order valence-corrected chi connectivity index (χ1v) is 13.5. The van der Waals surface area contributed by atoms with Crippen LogP contribution in [0, 0.1) is 11.3 Å². The topological polar surface area (TPSA) is 70.0 Å². The Balaban J connectivity index is 1.26. The van der Waals surface area contributed by atoms with Gasteiger partial charge in [-0.25, -0.2) is 4.98 Å². The van der Waals surface area contributed by atoms with Crippen molar-refractivity contribution in [3.8, 4) is 0 Å². The van der Waals surface area contributed by atoms with Crippen molar-refractivity contribution in [1.82, 2.24) is 24.5 Å². The quantitative estimate of drug-likeness (QED) is 0.609. The Morgan fingerprint density at radius 3 is 2.74 bits per heavy atom. The largest absolute Gasteiger partial charge is 0.350 e. The highest BCUT2D eigenvalue weighted by molar-refractivity contribution is 5.95. The average Bonchev–Trinajstić information content (AvgIpc) is 3.33. The maximum absolute atomic E-state index is 13.2. The molecule has 2 aromatic rings. The Morgan fingerprint density at radius 1 is 1.17 bits per heavy atom. The van der Waals surface area contributed by atoms with E-state index in [1.54, 1.807) is 10.6 Å². The Bertz CT molecular complexity index is 1100. The summed E-state index contributed by atoms with van der Waals surface area (Å²) in [5.41, 5.74) is 1.77. The lowest BCUT2D eigenvalue weighted by Crippen LogP contribution is -2.46. The number of carbonyl (C=O) groups is 2. The van der Waals surface area contributed by atoms with Crippen LogP contribution in [0.2, 0.25) is 0 Å². The van der Waals surface area contributed by atoms with Gasteiger partial charge in [-0.1, -0.05) is 38.5 Å². The maximum atomic E-state index is 13.2. The summed E-state index contributed by atoms with van der Waals surface area (Å²) in [7, 11) is 0. The van der Waals surface area contributed by atoms with Gasteiger partial charge >= 0.3 is 0 Å². The molecule has 7 heteroatoms. The number of pyridine rings is 1. The van der Waals surface area contributed by atoms with E-state index in [-0.39, 0.29) is 17.2 Å². The first-order chi connectivity index (χ1) is 17.0. The molecule has 2 aromatic heterocycles. The lowest BCUT2D eigenvalue weighted by molar-refractivity contribution is 0.0626. The minimum atomic E-state index is -0.0990. The Labute approximate surface area is 208 Å². The monoisotopic (exact) mass is 477 g/mol. The molecule has 3 heterocycles. The van der Waals surface area contributed by atoms with Crippen molar-refractivity contribution in [2.24, 2.45) is 11.3 Å². The molecule has 2 unspecified atom stereocenters. The van der Waals surface area contributed by atoms with Gasteiger partial charge in [-0.3, -0.25) is 14.0 Å². The molecule has 188 valence electrons. The molecular weight excluding hydrogens is 438 g/mol. The fraction of sp³-hybridized carbons (Fsp3) is 0.607. The molecule has 0 radical (unpaired) electrons. The summed E-state index contributed by atoms with van der Waals surface area (Å²) in [6.07, 6.45) is 14.3. The van der Waals surface area contributed by atoms with E-state index >= 15 is 0 Å². The minimum absolute atomic E-state index is 0.0424. The van der Waals surface area contributed by atoms with Crippen molar-refractivity contribution in [3.05, 3.63) is 47.9 Å². The number of nitrogens with one attached hydrogen (secondary N) is 1. The molecule has 2 atom stereocenters. The standard InChI is InChI=1S/C28H39N5O2/c1-3-31(4-2)22-12-16-32(17-13-22)27(35)23-19-33-24(10-5-11-25(33)30-23)26(34)29-20-28-14-6-8-21(18-28)9-7-15-28/h5-6,8,10-11,19,21-22H,3-4,7,9,12-18,20H2,1-2H3,(H,29,34). The lowest BCUT2D eigenvalue weighted by atomic mass is 9.65. The third-order valence-corrected chi connectivity index (χ3v) is 8.58. The van der Waals surface area contributed by atoms with Gasteiger partial charge in [0.1, 0.15) is 17.0 Å². The molecule has 5 rings (SSSR count). The number of hydrogen-bond acceptors (Lipinski definition) is 4. The van der Waals surface area contributed by atoms with E-state index < -0.39 is 0 Å². The van der Waals surface area contributed by atoms with Gasteiger partial charge in [0.15, 0.2) is 0 Å². The van der Waals surface area contributed by atoms with Crippen molar-refractivity contribution in [1.29, 1.82) is 0 Å². The van der Waals surface area contributed by atoms with Crippen LogP contribution in [0.1, 0.15) is 79.8 Å². The van der Waals surface area contributed by atoms with Crippen LogP contribution < -0.4 is 5.32 Å². The Morgan fingerprint density at radius 2 is 1.97 bits per heavy atom. The van der Waals surface area contributed by atoms with Crippen LogP contribution in [0.15, 0.2) is 36.5 Å². The average molecular weight is 478 g/mol. The van der Waals surface area contributed by atoms with Crippen LogP contribution in [0.4, 0.5) is 0 Å². The van der Waals surface area contributed by atoms with Crippen molar-refractivity contribution in [2.75, 3.05) is 32.7 Å². The van der Waals surface area contributed by atoms with Gasteiger partial charge in [0.05, 0.1) is 0 Å². The number of nitrogens with zero attached hydrogens (tertiary/aromatic N) is 4. The number of aromatic nitrogens is 2. The predicted molar refractivity (Wildman–Crippen MR) is 138 cm³/mol. The van der Waals surface area contributed by atoms with Crippen LogP contribution in [0.3, 0.4) is 0 Å². The van der Waals surface area contributed by atoms with Crippen molar-refractivity contribution < 1.29 is 9.59 Å². The number of allylic oxidation sites excluding steroid dienone is 2. The molecule has 1 N–H and O–H groups in total. The summed E-state index contributed by atoms with van der Waals surface area (Å²) in [6, 6.07) is 6.07. The fourth-order valence-corrected chi connectivity index (χ4v) is 6.59. The van der Waals surface area contributed by atoms with Crippen molar-refractivity contribution in [2.45, 2.75) is 64.8 Å². The number of imidazole rings is 1. The van der Waals surface area contributed by atoms with Gasteiger partial charge in [-0.05, 0) is 75.1 Å². The highest BCUT2D eigenvalue weighted by Crippen LogP contribution is 2.45. The molecule has 2 bridgehead atoms. The van der Waals surface area contributed by atoms with E-state index in [0.717, 1.165) is 45.4 Å². The summed E-state index contributed by atoms with van der Waals surface area (Å²) in [5, 5.41) is 3.21. The number of hydrogen-bond donors (Lipinski definition) is 1. The zero-order valence-electron chi connectivity index (χ0n) is 21.2. The van der Waals surface area contributed by atoms with Crippen LogP contribution >= 0.6 is 0 Å². The van der Waals surface area contributed by atoms with E-state index in [0.29, 0.717) is 35.5 Å². The minimum Gasteiger partial charge on any atom is -0.350 e. The van der Waals surface area contributed by atoms with E-state index in [2.05, 4.69) is 41.2 Å². The van der Waals surface area contributed by atoms with Crippen molar-refractivity contribution >= 4 is 17.5 Å². The van der Waals surface area contributed by atoms with Crippen molar-refractivity contribution in [3.63, 3.8) is 0 Å². The van der Waals surface area contributed by atoms with Crippen LogP contribution in [0.25, 0.3) is 5.65 Å². The Kier molecular flexibility index (Phi) is 6.96. The normalized spacial score (nSPS) is 24.8. The molecule has 2 aliphatic carbocycles. The number of likely N-dealkylation sites (tertiary alicyclic amines) is 1. The molecule has 2 amide bonds. The maximum Gasteiger partial charge on any atom is 0.274 e. The highest BCUT2D eigenvalue weighted by atomic mass is 16.2. The van der Waals surface area contributed by atoms with Gasteiger partial charge in [-0.15, -0.1) is 0 Å². The molecule has 3 aliphatic rings.